The van der Waals surface area contributed by atoms with Gasteiger partial charge in [-0.05, 0) is 31.6 Å². The molecule has 148 valence electrons. The van der Waals surface area contributed by atoms with Crippen molar-refractivity contribution in [3.63, 3.8) is 0 Å². The third-order valence-corrected chi connectivity index (χ3v) is 6.08. The average Bonchev–Trinajstić information content (AvgIpc) is 3.18. The Morgan fingerprint density at radius 3 is 2.23 bits per heavy atom. The minimum absolute atomic E-state index is 0.180. The molecule has 3 rings (SSSR count). The van der Waals surface area contributed by atoms with Gasteiger partial charge in [0, 0.05) is 46.4 Å². The van der Waals surface area contributed by atoms with Crippen molar-refractivity contribution >= 4 is 11.9 Å². The van der Waals surface area contributed by atoms with Gasteiger partial charge in [-0.3, -0.25) is 9.79 Å². The first-order valence-electron chi connectivity index (χ1n) is 10.6. The maximum atomic E-state index is 12.5. The number of nitrogens with one attached hydrogen (secondary N) is 1. The van der Waals surface area contributed by atoms with Gasteiger partial charge in [-0.15, -0.1) is 0 Å². The Balaban J connectivity index is 1.42. The summed E-state index contributed by atoms with van der Waals surface area (Å²) in [7, 11) is 1.87. The molecule has 2 saturated heterocycles. The Morgan fingerprint density at radius 1 is 0.962 bits per heavy atom. The fourth-order valence-corrected chi connectivity index (χ4v) is 4.43. The van der Waals surface area contributed by atoms with Crippen LogP contribution >= 0.6 is 0 Å². The number of rotatable bonds is 3. The molecule has 0 aromatic carbocycles. The summed E-state index contributed by atoms with van der Waals surface area (Å²) in [4.78, 5) is 21.2. The molecule has 0 bridgehead atoms. The fraction of sp³-hybridized carbons (Fsp3) is 0.900. The molecule has 0 aromatic rings. The van der Waals surface area contributed by atoms with Crippen LogP contribution in [-0.4, -0.2) is 74.1 Å². The molecule has 3 aliphatic rings. The second-order valence-corrected chi connectivity index (χ2v) is 7.95. The molecule has 2 aliphatic heterocycles. The molecule has 1 N–H and O–H groups in total. The molecule has 1 aliphatic carbocycles. The maximum absolute atomic E-state index is 12.5. The highest BCUT2D eigenvalue weighted by molar-refractivity contribution is 5.82. The molecule has 3 fully saturated rings. The van der Waals surface area contributed by atoms with Gasteiger partial charge in [0.15, 0.2) is 5.96 Å². The second kappa shape index (κ2) is 10.1. The number of ether oxygens (including phenoxy) is 1. The lowest BCUT2D eigenvalue weighted by atomic mass is 9.91. The normalized spacial score (nSPS) is 26.5. The Labute approximate surface area is 158 Å². The van der Waals surface area contributed by atoms with Crippen molar-refractivity contribution in [1.82, 2.24) is 15.1 Å². The first-order valence-corrected chi connectivity index (χ1v) is 10.6. The zero-order valence-corrected chi connectivity index (χ0v) is 16.4. The summed E-state index contributed by atoms with van der Waals surface area (Å²) < 4.78 is 5.55. The van der Waals surface area contributed by atoms with Gasteiger partial charge in [0.25, 0.3) is 5.91 Å². The van der Waals surface area contributed by atoms with Crippen molar-refractivity contribution in [3.8, 4) is 0 Å². The number of hydrogen-bond acceptors (Lipinski definition) is 3. The van der Waals surface area contributed by atoms with E-state index in [4.69, 9.17) is 4.74 Å². The Bertz CT molecular complexity index is 460. The van der Waals surface area contributed by atoms with E-state index < -0.39 is 0 Å². The molecule has 1 atom stereocenters. The number of guanidine groups is 1. The lowest BCUT2D eigenvalue weighted by Gasteiger charge is -2.37. The number of piperazine rings is 1. The number of nitrogens with zero attached hydrogens (tertiary/aromatic N) is 3. The number of amides is 1. The van der Waals surface area contributed by atoms with E-state index in [2.05, 4.69) is 15.2 Å². The summed E-state index contributed by atoms with van der Waals surface area (Å²) in [5.74, 6) is 1.95. The molecule has 1 amide bonds. The van der Waals surface area contributed by atoms with Crippen LogP contribution in [0.3, 0.4) is 0 Å². The monoisotopic (exact) mass is 364 g/mol. The number of carbonyl (C=O) groups is 1. The quantitative estimate of drug-likeness (QED) is 0.616. The highest BCUT2D eigenvalue weighted by atomic mass is 16.5. The summed E-state index contributed by atoms with van der Waals surface area (Å²) in [6.07, 6.45) is 11.3. The average molecular weight is 365 g/mol. The molecule has 6 heteroatoms. The predicted molar refractivity (Wildman–Crippen MR) is 104 cm³/mol. The summed E-state index contributed by atoms with van der Waals surface area (Å²) >= 11 is 0. The van der Waals surface area contributed by atoms with E-state index in [1.807, 2.05) is 11.9 Å². The Kier molecular flexibility index (Phi) is 7.59. The molecular formula is C20H36N4O2. The second-order valence-electron chi connectivity index (χ2n) is 7.95. The van der Waals surface area contributed by atoms with Gasteiger partial charge in [0.1, 0.15) is 6.10 Å². The topological polar surface area (TPSA) is 57.2 Å². The predicted octanol–water partition coefficient (Wildman–Crippen LogP) is 2.25. The van der Waals surface area contributed by atoms with Crippen LogP contribution in [0.1, 0.15) is 57.8 Å². The standard InChI is InChI=1S/C20H36N4O2/c1-21-20(22-16-17-8-5-3-2-4-6-9-17)24-13-11-23(12-14-24)19(25)18-10-7-15-26-18/h17-18H,2-16H2,1H3,(H,21,22). The van der Waals surface area contributed by atoms with Gasteiger partial charge in [0.05, 0.1) is 0 Å². The lowest BCUT2D eigenvalue weighted by molar-refractivity contribution is -0.142. The highest BCUT2D eigenvalue weighted by Crippen LogP contribution is 2.21. The maximum Gasteiger partial charge on any atom is 0.251 e. The van der Waals surface area contributed by atoms with Gasteiger partial charge in [-0.1, -0.05) is 32.1 Å². The van der Waals surface area contributed by atoms with Crippen LogP contribution in [-0.2, 0) is 9.53 Å². The van der Waals surface area contributed by atoms with Crippen LogP contribution in [0.25, 0.3) is 0 Å². The molecule has 0 spiro atoms. The van der Waals surface area contributed by atoms with E-state index in [-0.39, 0.29) is 12.0 Å². The third kappa shape index (κ3) is 5.35. The summed E-state index contributed by atoms with van der Waals surface area (Å²) in [6, 6.07) is 0. The Morgan fingerprint density at radius 2 is 1.62 bits per heavy atom. The van der Waals surface area contributed by atoms with Crippen LogP contribution < -0.4 is 5.32 Å². The van der Waals surface area contributed by atoms with Crippen molar-refractivity contribution in [2.24, 2.45) is 10.9 Å². The molecule has 0 radical (unpaired) electrons. The van der Waals surface area contributed by atoms with Crippen molar-refractivity contribution in [1.29, 1.82) is 0 Å². The molecule has 1 saturated carbocycles. The zero-order chi connectivity index (χ0) is 18.2. The van der Waals surface area contributed by atoms with Gasteiger partial charge < -0.3 is 19.9 Å². The van der Waals surface area contributed by atoms with Crippen molar-refractivity contribution in [3.05, 3.63) is 0 Å². The fourth-order valence-electron chi connectivity index (χ4n) is 4.43. The van der Waals surface area contributed by atoms with E-state index in [0.29, 0.717) is 0 Å². The summed E-state index contributed by atoms with van der Waals surface area (Å²) in [5, 5.41) is 3.60. The molecule has 2 heterocycles. The van der Waals surface area contributed by atoms with Crippen molar-refractivity contribution < 1.29 is 9.53 Å². The minimum atomic E-state index is -0.196. The van der Waals surface area contributed by atoms with Crippen molar-refractivity contribution in [2.45, 2.75) is 63.9 Å². The lowest BCUT2D eigenvalue weighted by Crippen LogP contribution is -2.55. The van der Waals surface area contributed by atoms with E-state index >= 15 is 0 Å². The minimum Gasteiger partial charge on any atom is -0.368 e. The summed E-state index contributed by atoms with van der Waals surface area (Å²) in [5.41, 5.74) is 0. The third-order valence-electron chi connectivity index (χ3n) is 6.08. The molecule has 0 aromatic heterocycles. The smallest absolute Gasteiger partial charge is 0.251 e. The van der Waals surface area contributed by atoms with Gasteiger partial charge in [-0.2, -0.15) is 0 Å². The zero-order valence-electron chi connectivity index (χ0n) is 16.4. The van der Waals surface area contributed by atoms with E-state index in [1.165, 1.54) is 44.9 Å². The Hall–Kier alpha value is -1.30. The van der Waals surface area contributed by atoms with E-state index in [1.54, 1.807) is 0 Å². The van der Waals surface area contributed by atoms with Crippen LogP contribution in [0, 0.1) is 5.92 Å². The molecule has 1 unspecified atom stereocenters. The number of hydrogen-bond donors (Lipinski definition) is 1. The van der Waals surface area contributed by atoms with Crippen LogP contribution in [0.4, 0.5) is 0 Å². The number of carbonyl (C=O) groups excluding carboxylic acids is 1. The highest BCUT2D eigenvalue weighted by Gasteiger charge is 2.31. The summed E-state index contributed by atoms with van der Waals surface area (Å²) in [6.45, 7) is 4.99. The molecule has 6 nitrogen and oxygen atoms in total. The first-order chi connectivity index (χ1) is 12.8. The van der Waals surface area contributed by atoms with E-state index in [0.717, 1.165) is 64.0 Å². The molecular weight excluding hydrogens is 328 g/mol. The largest absolute Gasteiger partial charge is 0.368 e. The van der Waals surface area contributed by atoms with Gasteiger partial charge >= 0.3 is 0 Å². The van der Waals surface area contributed by atoms with Crippen LogP contribution in [0.2, 0.25) is 0 Å². The SMILES string of the molecule is CN=C(NCC1CCCCCCC1)N1CCN(C(=O)C2CCCO2)CC1. The molecule has 26 heavy (non-hydrogen) atoms. The van der Waals surface area contributed by atoms with Crippen LogP contribution in [0.15, 0.2) is 4.99 Å². The first kappa shape index (κ1) is 19.5. The van der Waals surface area contributed by atoms with Crippen LogP contribution in [0.5, 0.6) is 0 Å². The number of aliphatic imine (C=N–C) groups is 1. The van der Waals surface area contributed by atoms with E-state index in [9.17, 15) is 4.79 Å². The van der Waals surface area contributed by atoms with Gasteiger partial charge in [0.2, 0.25) is 0 Å². The van der Waals surface area contributed by atoms with Gasteiger partial charge in [-0.25, -0.2) is 0 Å². The van der Waals surface area contributed by atoms with Crippen molar-refractivity contribution in [2.75, 3.05) is 46.4 Å².